The highest BCUT2D eigenvalue weighted by Gasteiger charge is 2.14. The highest BCUT2D eigenvalue weighted by Crippen LogP contribution is 2.30. The number of carbonyl (C=O) groups excluding carboxylic acids is 1. The van der Waals surface area contributed by atoms with Gasteiger partial charge in [0.05, 0.1) is 12.8 Å². The highest BCUT2D eigenvalue weighted by atomic mass is 16.5. The van der Waals surface area contributed by atoms with Crippen LogP contribution in [0.25, 0.3) is 10.8 Å². The van der Waals surface area contributed by atoms with Crippen LogP contribution in [-0.4, -0.2) is 13.0 Å². The van der Waals surface area contributed by atoms with Gasteiger partial charge in [0.25, 0.3) is 5.91 Å². The molecular weight excluding hydrogens is 450 g/mol. The van der Waals surface area contributed by atoms with Gasteiger partial charge in [-0.15, -0.1) is 0 Å². The molecule has 0 aromatic heterocycles. The molecule has 0 saturated heterocycles. The monoisotopic (exact) mass is 475 g/mol. The molecule has 0 radical (unpaired) electrons. The third kappa shape index (κ3) is 5.31. The van der Waals surface area contributed by atoms with E-state index in [9.17, 15) is 4.79 Å². The molecule has 1 amide bonds. The molecule has 0 spiro atoms. The zero-order valence-electron chi connectivity index (χ0n) is 19.8. The van der Waals surface area contributed by atoms with Crippen molar-refractivity contribution in [2.75, 3.05) is 12.4 Å². The fourth-order valence-corrected chi connectivity index (χ4v) is 3.92. The summed E-state index contributed by atoms with van der Waals surface area (Å²) in [7, 11) is 1.60. The van der Waals surface area contributed by atoms with Crippen molar-refractivity contribution < 1.29 is 19.0 Å². The summed E-state index contributed by atoms with van der Waals surface area (Å²) in [6.07, 6.45) is 0. The maximum atomic E-state index is 13.1. The van der Waals surface area contributed by atoms with E-state index in [4.69, 9.17) is 14.2 Å². The van der Waals surface area contributed by atoms with Crippen molar-refractivity contribution in [2.24, 2.45) is 0 Å². The summed E-state index contributed by atoms with van der Waals surface area (Å²) in [4.78, 5) is 13.1. The van der Waals surface area contributed by atoms with Crippen LogP contribution in [-0.2, 0) is 6.61 Å². The van der Waals surface area contributed by atoms with E-state index in [2.05, 4.69) is 11.4 Å². The van der Waals surface area contributed by atoms with Crippen LogP contribution in [0.1, 0.15) is 15.9 Å². The third-order valence-electron chi connectivity index (χ3n) is 5.76. The Morgan fingerprint density at radius 2 is 1.44 bits per heavy atom. The van der Waals surface area contributed by atoms with Gasteiger partial charge in [-0.25, -0.2) is 0 Å². The minimum absolute atomic E-state index is 0.256. The summed E-state index contributed by atoms with van der Waals surface area (Å²) >= 11 is 0. The van der Waals surface area contributed by atoms with Gasteiger partial charge in [-0.05, 0) is 65.4 Å². The van der Waals surface area contributed by atoms with Crippen LogP contribution < -0.4 is 19.5 Å². The number of para-hydroxylation sites is 3. The lowest BCUT2D eigenvalue weighted by molar-refractivity contribution is 0.102. The van der Waals surface area contributed by atoms with Crippen LogP contribution in [0.2, 0.25) is 0 Å². The summed E-state index contributed by atoms with van der Waals surface area (Å²) in [5.41, 5.74) is 1.84. The Morgan fingerprint density at radius 1 is 0.694 bits per heavy atom. The molecule has 0 aliphatic rings. The Kier molecular flexibility index (Phi) is 6.81. The number of nitrogens with one attached hydrogen (secondary N) is 1. The molecule has 0 fully saturated rings. The van der Waals surface area contributed by atoms with Gasteiger partial charge in [0, 0.05) is 11.1 Å². The number of rotatable bonds is 8. The van der Waals surface area contributed by atoms with E-state index in [-0.39, 0.29) is 12.5 Å². The molecule has 0 bridgehead atoms. The second kappa shape index (κ2) is 10.7. The fourth-order valence-electron chi connectivity index (χ4n) is 3.92. The summed E-state index contributed by atoms with van der Waals surface area (Å²) in [6, 6.07) is 36.2. The van der Waals surface area contributed by atoms with E-state index in [1.54, 1.807) is 25.3 Å². The van der Waals surface area contributed by atoms with Crippen molar-refractivity contribution in [2.45, 2.75) is 6.61 Å². The maximum Gasteiger partial charge on any atom is 0.255 e. The number of ether oxygens (including phenoxy) is 3. The van der Waals surface area contributed by atoms with Gasteiger partial charge < -0.3 is 19.5 Å². The highest BCUT2D eigenvalue weighted by molar-refractivity contribution is 6.05. The molecule has 36 heavy (non-hydrogen) atoms. The summed E-state index contributed by atoms with van der Waals surface area (Å²) in [5.74, 6) is 2.40. The Bertz CT molecular complexity index is 1500. The fraction of sp³-hybridized carbons (Fsp3) is 0.0645. The second-order valence-electron chi connectivity index (χ2n) is 8.19. The van der Waals surface area contributed by atoms with Crippen molar-refractivity contribution in [1.29, 1.82) is 0 Å². The van der Waals surface area contributed by atoms with Gasteiger partial charge in [0.15, 0.2) is 5.75 Å². The Balaban J connectivity index is 1.33. The van der Waals surface area contributed by atoms with Crippen LogP contribution in [0.15, 0.2) is 115 Å². The van der Waals surface area contributed by atoms with E-state index in [0.717, 1.165) is 22.1 Å². The van der Waals surface area contributed by atoms with E-state index >= 15 is 0 Å². The first-order chi connectivity index (χ1) is 17.7. The van der Waals surface area contributed by atoms with Gasteiger partial charge in [-0.2, -0.15) is 0 Å². The van der Waals surface area contributed by atoms with Gasteiger partial charge in [-0.1, -0.05) is 60.7 Å². The number of amides is 1. The first kappa shape index (κ1) is 23.0. The first-order valence-corrected chi connectivity index (χ1v) is 11.6. The molecule has 0 aliphatic heterocycles. The number of fused-ring (bicyclic) bond motifs is 1. The molecule has 5 nitrogen and oxygen atoms in total. The predicted molar refractivity (Wildman–Crippen MR) is 142 cm³/mol. The minimum atomic E-state index is -0.256. The van der Waals surface area contributed by atoms with Crippen LogP contribution in [0.5, 0.6) is 23.0 Å². The number of methoxy groups -OCH3 is 1. The molecule has 5 aromatic carbocycles. The van der Waals surface area contributed by atoms with E-state index in [1.807, 2.05) is 91.0 Å². The van der Waals surface area contributed by atoms with E-state index in [1.165, 1.54) is 0 Å². The largest absolute Gasteiger partial charge is 0.496 e. The van der Waals surface area contributed by atoms with Gasteiger partial charge in [-0.3, -0.25) is 4.79 Å². The van der Waals surface area contributed by atoms with Gasteiger partial charge in [0.2, 0.25) is 0 Å². The molecule has 1 N–H and O–H groups in total. The lowest BCUT2D eigenvalue weighted by atomic mass is 10.1. The predicted octanol–water partition coefficient (Wildman–Crippen LogP) is 7.47. The zero-order chi connectivity index (χ0) is 24.7. The molecule has 178 valence electrons. The zero-order valence-corrected chi connectivity index (χ0v) is 19.8. The quantitative estimate of drug-likeness (QED) is 0.253. The molecule has 0 saturated carbocycles. The van der Waals surface area contributed by atoms with Crippen LogP contribution in [0.4, 0.5) is 5.69 Å². The van der Waals surface area contributed by atoms with Crippen molar-refractivity contribution >= 4 is 22.4 Å². The molecule has 5 heteroatoms. The van der Waals surface area contributed by atoms with Crippen molar-refractivity contribution in [3.05, 3.63) is 126 Å². The van der Waals surface area contributed by atoms with Crippen LogP contribution in [0.3, 0.4) is 0 Å². The number of carbonyl (C=O) groups is 1. The summed E-state index contributed by atoms with van der Waals surface area (Å²) in [6.45, 7) is 0.260. The smallest absolute Gasteiger partial charge is 0.255 e. The van der Waals surface area contributed by atoms with E-state index < -0.39 is 0 Å². The maximum absolute atomic E-state index is 13.1. The number of benzene rings is 5. The number of hydrogen-bond acceptors (Lipinski definition) is 4. The van der Waals surface area contributed by atoms with Gasteiger partial charge >= 0.3 is 0 Å². The molecule has 0 atom stereocenters. The summed E-state index contributed by atoms with van der Waals surface area (Å²) in [5, 5.41) is 5.21. The first-order valence-electron chi connectivity index (χ1n) is 11.6. The van der Waals surface area contributed by atoms with Crippen LogP contribution in [0, 0.1) is 0 Å². The Labute approximate surface area is 209 Å². The normalized spacial score (nSPS) is 10.6. The SMILES string of the molecule is COc1ccc(C(=O)Nc2ccccc2Oc2ccccc2)cc1COc1ccc2ccccc2c1. The standard InChI is InChI=1S/C31H25NO4/c1-34-29-18-16-24(19-25(29)21-35-27-17-15-22-9-5-6-10-23(22)20-27)31(33)32-28-13-7-8-14-30(28)36-26-11-3-2-4-12-26/h2-20H,21H2,1H3,(H,32,33). The second-order valence-corrected chi connectivity index (χ2v) is 8.19. The topological polar surface area (TPSA) is 56.8 Å². The lowest BCUT2D eigenvalue weighted by Crippen LogP contribution is -2.13. The average molecular weight is 476 g/mol. The molecule has 0 heterocycles. The lowest BCUT2D eigenvalue weighted by Gasteiger charge is -2.14. The molecule has 0 aliphatic carbocycles. The minimum Gasteiger partial charge on any atom is -0.496 e. The van der Waals surface area contributed by atoms with Crippen molar-refractivity contribution in [1.82, 2.24) is 0 Å². The third-order valence-corrected chi connectivity index (χ3v) is 5.76. The Morgan fingerprint density at radius 3 is 2.28 bits per heavy atom. The van der Waals surface area contributed by atoms with Crippen molar-refractivity contribution in [3.8, 4) is 23.0 Å². The van der Waals surface area contributed by atoms with Crippen LogP contribution >= 0.6 is 0 Å². The molecule has 5 rings (SSSR count). The van der Waals surface area contributed by atoms with Gasteiger partial charge in [0.1, 0.15) is 23.9 Å². The molecule has 0 unspecified atom stereocenters. The molecular formula is C31H25NO4. The summed E-state index contributed by atoms with van der Waals surface area (Å²) < 4.78 is 17.5. The van der Waals surface area contributed by atoms with Crippen molar-refractivity contribution in [3.63, 3.8) is 0 Å². The van der Waals surface area contributed by atoms with E-state index in [0.29, 0.717) is 28.5 Å². The Hall–Kier alpha value is -4.77. The molecule has 5 aromatic rings. The number of hydrogen-bond donors (Lipinski definition) is 1. The number of anilines is 1. The average Bonchev–Trinajstić information content (AvgIpc) is 2.93.